The van der Waals surface area contributed by atoms with E-state index in [2.05, 4.69) is 4.74 Å². The molecule has 0 radical (unpaired) electrons. The minimum Gasteiger partial charge on any atom is -0.508 e. The normalized spacial score (nSPS) is 10.7. The first-order valence-electron chi connectivity index (χ1n) is 9.08. The van der Waals surface area contributed by atoms with Crippen molar-refractivity contribution < 1.29 is 23.8 Å². The second-order valence-electron chi connectivity index (χ2n) is 6.68. The Morgan fingerprint density at radius 3 is 2.37 bits per heavy atom. The molecule has 0 spiro atoms. The summed E-state index contributed by atoms with van der Waals surface area (Å²) in [6.07, 6.45) is 0.810. The van der Waals surface area contributed by atoms with Crippen LogP contribution in [0, 0.1) is 5.82 Å². The van der Waals surface area contributed by atoms with E-state index in [9.17, 15) is 14.3 Å². The number of carbonyl (C=O) groups is 1. The minimum absolute atomic E-state index is 0.131. The van der Waals surface area contributed by atoms with Crippen LogP contribution in [0.25, 0.3) is 0 Å². The number of esters is 1. The second-order valence-corrected chi connectivity index (χ2v) is 7.49. The molecule has 0 saturated heterocycles. The number of hydrogen-bond donors (Lipinski definition) is 1. The lowest BCUT2D eigenvalue weighted by atomic mass is 9.98. The van der Waals surface area contributed by atoms with Gasteiger partial charge in [-0.05, 0) is 52.6 Å². The molecule has 3 aromatic carbocycles. The first-order chi connectivity index (χ1) is 14.4. The van der Waals surface area contributed by atoms with Crippen molar-refractivity contribution in [3.63, 3.8) is 0 Å². The van der Waals surface area contributed by atoms with Crippen LogP contribution in [0.1, 0.15) is 22.3 Å². The monoisotopic (exact) mass is 448 g/mol. The first kappa shape index (κ1) is 21.9. The number of aromatic hydroxyl groups is 1. The van der Waals surface area contributed by atoms with E-state index in [0.717, 1.165) is 11.1 Å². The van der Waals surface area contributed by atoms with Crippen LogP contribution in [0.2, 0.25) is 10.0 Å². The van der Waals surface area contributed by atoms with E-state index in [1.54, 1.807) is 36.4 Å². The van der Waals surface area contributed by atoms with Crippen LogP contribution < -0.4 is 4.74 Å². The molecule has 4 nitrogen and oxygen atoms in total. The molecule has 0 bridgehead atoms. The van der Waals surface area contributed by atoms with Crippen LogP contribution in [0.3, 0.4) is 0 Å². The Morgan fingerprint density at radius 1 is 1.00 bits per heavy atom. The lowest BCUT2D eigenvalue weighted by Gasteiger charge is -2.13. The predicted octanol–water partition coefficient (Wildman–Crippen LogP) is 5.57. The van der Waals surface area contributed by atoms with Crippen LogP contribution >= 0.6 is 23.2 Å². The SMILES string of the molecule is COC(=O)COc1cc(Cl)c(Cc2ccc(O)c(Cc3cccc(F)c3)c2)c(Cl)c1. The van der Waals surface area contributed by atoms with Gasteiger partial charge in [0.25, 0.3) is 0 Å². The van der Waals surface area contributed by atoms with E-state index < -0.39 is 5.97 Å². The largest absolute Gasteiger partial charge is 0.508 e. The summed E-state index contributed by atoms with van der Waals surface area (Å²) in [4.78, 5) is 11.2. The van der Waals surface area contributed by atoms with Crippen molar-refractivity contribution in [1.82, 2.24) is 0 Å². The van der Waals surface area contributed by atoms with E-state index in [-0.39, 0.29) is 18.2 Å². The molecule has 0 fully saturated rings. The Labute approximate surface area is 183 Å². The van der Waals surface area contributed by atoms with Crippen LogP contribution in [0.4, 0.5) is 4.39 Å². The quantitative estimate of drug-likeness (QED) is 0.479. The lowest BCUT2D eigenvalue weighted by Crippen LogP contribution is -2.12. The van der Waals surface area contributed by atoms with E-state index in [1.807, 2.05) is 6.07 Å². The number of methoxy groups -OCH3 is 1. The van der Waals surface area contributed by atoms with Crippen molar-refractivity contribution in [1.29, 1.82) is 0 Å². The second kappa shape index (κ2) is 9.83. The molecule has 30 heavy (non-hydrogen) atoms. The van der Waals surface area contributed by atoms with Gasteiger partial charge in [-0.1, -0.05) is 47.5 Å². The number of ether oxygens (including phenoxy) is 2. The van der Waals surface area contributed by atoms with Crippen molar-refractivity contribution >= 4 is 29.2 Å². The van der Waals surface area contributed by atoms with Gasteiger partial charge >= 0.3 is 5.97 Å². The maximum absolute atomic E-state index is 13.5. The number of phenols is 1. The van der Waals surface area contributed by atoms with Crippen molar-refractivity contribution in [2.75, 3.05) is 13.7 Å². The van der Waals surface area contributed by atoms with Crippen molar-refractivity contribution in [3.8, 4) is 11.5 Å². The van der Waals surface area contributed by atoms with Gasteiger partial charge in [-0.2, -0.15) is 0 Å². The molecule has 7 heteroatoms. The number of halogens is 3. The summed E-state index contributed by atoms with van der Waals surface area (Å²) in [6, 6.07) is 14.6. The van der Waals surface area contributed by atoms with Gasteiger partial charge in [-0.15, -0.1) is 0 Å². The molecule has 3 aromatic rings. The Kier molecular flexibility index (Phi) is 7.19. The third-order valence-corrected chi connectivity index (χ3v) is 5.18. The van der Waals surface area contributed by atoms with E-state index in [1.165, 1.54) is 19.2 Å². The average molecular weight is 449 g/mol. The third-order valence-electron chi connectivity index (χ3n) is 4.51. The van der Waals surface area contributed by atoms with Gasteiger partial charge in [-0.25, -0.2) is 9.18 Å². The molecule has 0 aliphatic carbocycles. The summed E-state index contributed by atoms with van der Waals surface area (Å²) in [6.45, 7) is -0.246. The Morgan fingerprint density at radius 2 is 1.70 bits per heavy atom. The molecule has 0 unspecified atom stereocenters. The molecule has 0 aliphatic heterocycles. The Balaban J connectivity index is 1.80. The summed E-state index contributed by atoms with van der Waals surface area (Å²) < 4.78 is 23.3. The summed E-state index contributed by atoms with van der Waals surface area (Å²) in [5.74, 6) is -0.346. The van der Waals surface area contributed by atoms with Crippen molar-refractivity contribution in [2.24, 2.45) is 0 Å². The smallest absolute Gasteiger partial charge is 0.343 e. The van der Waals surface area contributed by atoms with Gasteiger partial charge in [0.05, 0.1) is 7.11 Å². The molecule has 0 aromatic heterocycles. The van der Waals surface area contributed by atoms with Crippen LogP contribution in [0.5, 0.6) is 11.5 Å². The minimum atomic E-state index is -0.513. The number of hydrogen-bond acceptors (Lipinski definition) is 4. The fourth-order valence-corrected chi connectivity index (χ4v) is 3.60. The van der Waals surface area contributed by atoms with Gasteiger partial charge in [0, 0.05) is 22.9 Å². The lowest BCUT2D eigenvalue weighted by molar-refractivity contribution is -0.142. The number of benzene rings is 3. The Bertz CT molecular complexity index is 1050. The van der Waals surface area contributed by atoms with E-state index >= 15 is 0 Å². The molecular formula is C23H19Cl2FO4. The molecule has 156 valence electrons. The van der Waals surface area contributed by atoms with E-state index in [0.29, 0.717) is 39.8 Å². The van der Waals surface area contributed by atoms with Gasteiger partial charge in [0.2, 0.25) is 0 Å². The highest BCUT2D eigenvalue weighted by molar-refractivity contribution is 6.36. The maximum Gasteiger partial charge on any atom is 0.343 e. The third kappa shape index (κ3) is 5.65. The molecule has 0 heterocycles. The topological polar surface area (TPSA) is 55.8 Å². The van der Waals surface area contributed by atoms with Crippen LogP contribution in [0.15, 0.2) is 54.6 Å². The fourth-order valence-electron chi connectivity index (χ4n) is 2.99. The summed E-state index contributed by atoms with van der Waals surface area (Å²) in [7, 11) is 1.27. The molecule has 0 aliphatic rings. The average Bonchev–Trinajstić information content (AvgIpc) is 2.71. The molecule has 1 N–H and O–H groups in total. The first-order valence-corrected chi connectivity index (χ1v) is 9.84. The molecular weight excluding hydrogens is 430 g/mol. The highest BCUT2D eigenvalue weighted by atomic mass is 35.5. The highest BCUT2D eigenvalue weighted by Crippen LogP contribution is 2.33. The van der Waals surface area contributed by atoms with Crippen LogP contribution in [-0.2, 0) is 22.4 Å². The summed E-state index contributed by atoms with van der Waals surface area (Å²) in [5.41, 5.74) is 2.99. The highest BCUT2D eigenvalue weighted by Gasteiger charge is 2.13. The zero-order chi connectivity index (χ0) is 21.7. The van der Waals surface area contributed by atoms with Gasteiger partial charge in [-0.3, -0.25) is 0 Å². The standard InChI is InChI=1S/C23H19Cl2FO4/c1-29-23(28)13-30-18-11-20(24)19(21(25)12-18)10-15-5-6-22(27)16(8-15)7-14-3-2-4-17(26)9-14/h2-6,8-9,11-12,27H,7,10,13H2,1H3. The molecule has 0 amide bonds. The Hall–Kier alpha value is -2.76. The zero-order valence-electron chi connectivity index (χ0n) is 16.1. The van der Waals surface area contributed by atoms with Crippen LogP contribution in [-0.4, -0.2) is 24.8 Å². The number of rotatable bonds is 7. The predicted molar refractivity (Wildman–Crippen MR) is 114 cm³/mol. The number of phenolic OH excluding ortho intramolecular Hbond substituents is 1. The van der Waals surface area contributed by atoms with E-state index in [4.69, 9.17) is 27.9 Å². The van der Waals surface area contributed by atoms with Gasteiger partial charge < -0.3 is 14.6 Å². The van der Waals surface area contributed by atoms with Gasteiger partial charge in [0.15, 0.2) is 6.61 Å². The maximum atomic E-state index is 13.5. The summed E-state index contributed by atoms with van der Waals surface area (Å²) >= 11 is 12.8. The molecule has 3 rings (SSSR count). The molecule has 0 saturated carbocycles. The zero-order valence-corrected chi connectivity index (χ0v) is 17.6. The summed E-state index contributed by atoms with van der Waals surface area (Å²) in [5, 5.41) is 11.0. The fraction of sp³-hybridized carbons (Fsp3) is 0.174. The van der Waals surface area contributed by atoms with Gasteiger partial charge in [0.1, 0.15) is 17.3 Å². The van der Waals surface area contributed by atoms with Crippen molar-refractivity contribution in [2.45, 2.75) is 12.8 Å². The van der Waals surface area contributed by atoms with Crippen molar-refractivity contribution in [3.05, 3.63) is 92.7 Å². The number of carbonyl (C=O) groups excluding carboxylic acids is 1. The molecule has 0 atom stereocenters.